The lowest BCUT2D eigenvalue weighted by Crippen LogP contribution is -2.24. The van der Waals surface area contributed by atoms with Crippen LogP contribution < -0.4 is 0 Å². The Hall–Kier alpha value is -0.960. The Kier molecular flexibility index (Phi) is 4.26. The van der Waals surface area contributed by atoms with Crippen molar-refractivity contribution in [1.29, 1.82) is 0 Å². The molecule has 0 bridgehead atoms. The highest BCUT2D eigenvalue weighted by molar-refractivity contribution is 8.03. The van der Waals surface area contributed by atoms with E-state index in [-0.39, 0.29) is 12.2 Å². The van der Waals surface area contributed by atoms with Gasteiger partial charge in [0.25, 0.3) is 20.2 Å². The van der Waals surface area contributed by atoms with E-state index in [9.17, 15) is 16.8 Å². The number of hydrogen-bond acceptors (Lipinski definition) is 5. The van der Waals surface area contributed by atoms with E-state index in [4.69, 9.17) is 4.55 Å². The van der Waals surface area contributed by atoms with Crippen molar-refractivity contribution in [3.8, 4) is 0 Å². The molecule has 17 heavy (non-hydrogen) atoms. The lowest BCUT2D eigenvalue weighted by Gasteiger charge is -2.14. The van der Waals surface area contributed by atoms with E-state index >= 15 is 0 Å². The molecule has 0 spiro atoms. The molecule has 96 valence electrons. The second kappa shape index (κ2) is 5.13. The minimum absolute atomic E-state index is 0.0662. The number of hydrogen-bond donors (Lipinski definition) is 1. The zero-order chi connectivity index (χ0) is 13.1. The normalized spacial score (nSPS) is 14.5. The van der Waals surface area contributed by atoms with Crippen LogP contribution in [0.5, 0.6) is 0 Å². The molecule has 0 amide bonds. The monoisotopic (exact) mass is 280 g/mol. The average Bonchev–Trinajstić information content (AvgIpc) is 2.16. The molecule has 0 saturated heterocycles. The third-order valence-electron chi connectivity index (χ3n) is 1.89. The molecule has 0 aliphatic heterocycles. The quantitative estimate of drug-likeness (QED) is 0.636. The molecule has 0 aliphatic carbocycles. The maximum absolute atomic E-state index is 11.6. The molecule has 1 rings (SSSR count). The Morgan fingerprint density at radius 1 is 1.18 bits per heavy atom. The maximum atomic E-state index is 11.6. The molecule has 0 aliphatic rings. The van der Waals surface area contributed by atoms with Crippen molar-refractivity contribution < 1.29 is 25.6 Å². The molecule has 8 heteroatoms. The van der Waals surface area contributed by atoms with Gasteiger partial charge in [-0.1, -0.05) is 30.3 Å². The summed E-state index contributed by atoms with van der Waals surface area (Å²) in [6, 6.07) is 7.10. The highest BCUT2D eigenvalue weighted by Crippen LogP contribution is 2.28. The van der Waals surface area contributed by atoms with Gasteiger partial charge in [0.15, 0.2) is 0 Å². The fourth-order valence-electron chi connectivity index (χ4n) is 1.32. The lowest BCUT2D eigenvalue weighted by atomic mass is 10.2. The molecule has 0 fully saturated rings. The molecule has 1 N–H and O–H groups in total. The van der Waals surface area contributed by atoms with Gasteiger partial charge in [-0.25, -0.2) is 0 Å². The summed E-state index contributed by atoms with van der Waals surface area (Å²) < 4.78 is 56.8. The number of benzene rings is 1. The first-order valence-electron chi connectivity index (χ1n) is 4.68. The predicted octanol–water partition coefficient (Wildman–Crippen LogP) is 0.939. The first-order valence-corrected chi connectivity index (χ1v) is 7.66. The van der Waals surface area contributed by atoms with E-state index in [1.165, 1.54) is 31.2 Å². The molecular formula is C9H12O6S2. The summed E-state index contributed by atoms with van der Waals surface area (Å²) in [5.74, 6) is 0. The van der Waals surface area contributed by atoms with Gasteiger partial charge in [-0.05, 0) is 12.5 Å². The van der Waals surface area contributed by atoms with Crippen molar-refractivity contribution in [3.05, 3.63) is 35.9 Å². The van der Waals surface area contributed by atoms with Crippen LogP contribution in [0, 0.1) is 0 Å². The summed E-state index contributed by atoms with van der Waals surface area (Å²) in [6.45, 7) is 1.20. The summed E-state index contributed by atoms with van der Waals surface area (Å²) in [5, 5.41) is 0. The van der Waals surface area contributed by atoms with Gasteiger partial charge in [0.1, 0.15) is 0 Å². The van der Waals surface area contributed by atoms with Crippen molar-refractivity contribution in [2.75, 3.05) is 6.61 Å². The van der Waals surface area contributed by atoms with Crippen molar-refractivity contribution in [2.24, 2.45) is 0 Å². The highest BCUT2D eigenvalue weighted by atomic mass is 32.3. The minimum atomic E-state index is -4.81. The molecule has 1 aromatic carbocycles. The summed E-state index contributed by atoms with van der Waals surface area (Å²) >= 11 is 0. The van der Waals surface area contributed by atoms with Gasteiger partial charge in [0.05, 0.1) is 6.61 Å². The summed E-state index contributed by atoms with van der Waals surface area (Å²) in [6.07, 6.45) is 0. The smallest absolute Gasteiger partial charge is 0.284 e. The van der Waals surface area contributed by atoms with Crippen LogP contribution in [0.15, 0.2) is 30.3 Å². The van der Waals surface area contributed by atoms with E-state index in [0.29, 0.717) is 0 Å². The van der Waals surface area contributed by atoms with E-state index in [1.54, 1.807) is 6.07 Å². The second-order valence-corrected chi connectivity index (χ2v) is 6.65. The summed E-state index contributed by atoms with van der Waals surface area (Å²) in [7, 11) is -9.23. The van der Waals surface area contributed by atoms with Crippen LogP contribution in [0.4, 0.5) is 0 Å². The van der Waals surface area contributed by atoms with Crippen molar-refractivity contribution in [2.45, 2.75) is 11.5 Å². The van der Waals surface area contributed by atoms with E-state index in [1.807, 2.05) is 0 Å². The molecular weight excluding hydrogens is 268 g/mol. The summed E-state index contributed by atoms with van der Waals surface area (Å²) in [4.78, 5) is 0. The van der Waals surface area contributed by atoms with Crippen LogP contribution in [0.25, 0.3) is 0 Å². The van der Waals surface area contributed by atoms with Gasteiger partial charge in [0, 0.05) is 0 Å². The number of rotatable bonds is 5. The Balaban J connectivity index is 3.35. The average molecular weight is 280 g/mol. The Labute approximate surface area is 100 Å². The van der Waals surface area contributed by atoms with Gasteiger partial charge < -0.3 is 0 Å². The standard InChI is InChI=1S/C9H12O6S2/c1-2-15-17(13,14)9(16(10,11)12)8-6-4-3-5-7-8/h3-7,9H,2H2,1H3,(H,10,11,12). The van der Waals surface area contributed by atoms with Crippen LogP contribution in [-0.2, 0) is 24.4 Å². The molecule has 0 saturated carbocycles. The third-order valence-corrected chi connectivity index (χ3v) is 5.50. The largest absolute Gasteiger partial charge is 0.291 e. The van der Waals surface area contributed by atoms with Crippen molar-refractivity contribution >= 4 is 20.2 Å². The van der Waals surface area contributed by atoms with E-state index in [2.05, 4.69) is 4.18 Å². The van der Waals surface area contributed by atoms with Gasteiger partial charge >= 0.3 is 0 Å². The SMILES string of the molecule is CCOS(=O)(=O)C(c1ccccc1)S(=O)(=O)O. The molecule has 1 atom stereocenters. The Bertz CT molecular complexity index is 561. The molecule has 0 radical (unpaired) electrons. The molecule has 1 aromatic rings. The topological polar surface area (TPSA) is 97.7 Å². The molecule has 6 nitrogen and oxygen atoms in total. The zero-order valence-electron chi connectivity index (χ0n) is 8.98. The summed E-state index contributed by atoms with van der Waals surface area (Å²) in [5.41, 5.74) is -0.0662. The lowest BCUT2D eigenvalue weighted by molar-refractivity contribution is 0.334. The second-order valence-electron chi connectivity index (χ2n) is 3.16. The zero-order valence-corrected chi connectivity index (χ0v) is 10.6. The first-order chi connectivity index (χ1) is 7.79. The molecule has 1 unspecified atom stereocenters. The fourth-order valence-corrected chi connectivity index (χ4v) is 4.13. The van der Waals surface area contributed by atoms with Crippen LogP contribution in [0.3, 0.4) is 0 Å². The fraction of sp³-hybridized carbons (Fsp3) is 0.333. The van der Waals surface area contributed by atoms with Crippen molar-refractivity contribution in [3.63, 3.8) is 0 Å². The van der Waals surface area contributed by atoms with Gasteiger partial charge in [-0.3, -0.25) is 8.74 Å². The Morgan fingerprint density at radius 3 is 2.12 bits per heavy atom. The van der Waals surface area contributed by atoms with Gasteiger partial charge in [-0.15, -0.1) is 0 Å². The van der Waals surface area contributed by atoms with Crippen LogP contribution >= 0.6 is 0 Å². The van der Waals surface area contributed by atoms with E-state index < -0.39 is 24.8 Å². The minimum Gasteiger partial charge on any atom is -0.284 e. The highest BCUT2D eigenvalue weighted by Gasteiger charge is 2.39. The van der Waals surface area contributed by atoms with E-state index in [0.717, 1.165) is 0 Å². The first kappa shape index (κ1) is 14.1. The molecule has 0 aromatic heterocycles. The van der Waals surface area contributed by atoms with Gasteiger partial charge in [0.2, 0.25) is 4.58 Å². The third kappa shape index (κ3) is 3.50. The maximum Gasteiger partial charge on any atom is 0.291 e. The Morgan fingerprint density at radius 2 is 1.71 bits per heavy atom. The van der Waals surface area contributed by atoms with Crippen molar-refractivity contribution in [1.82, 2.24) is 0 Å². The van der Waals surface area contributed by atoms with Crippen LogP contribution in [0.1, 0.15) is 17.1 Å². The van der Waals surface area contributed by atoms with Crippen LogP contribution in [-0.4, -0.2) is 28.0 Å². The predicted molar refractivity (Wildman–Crippen MR) is 61.3 cm³/mol. The van der Waals surface area contributed by atoms with Gasteiger partial charge in [-0.2, -0.15) is 16.8 Å². The van der Waals surface area contributed by atoms with Crippen LogP contribution in [0.2, 0.25) is 0 Å². The molecule has 0 heterocycles.